The van der Waals surface area contributed by atoms with Crippen molar-refractivity contribution in [2.45, 2.75) is 20.8 Å². The fourth-order valence-corrected chi connectivity index (χ4v) is 1.98. The van der Waals surface area contributed by atoms with Crippen LogP contribution in [0.5, 0.6) is 0 Å². The van der Waals surface area contributed by atoms with Gasteiger partial charge in [0.1, 0.15) is 0 Å². The number of aryl methyl sites for hydroxylation is 3. The van der Waals surface area contributed by atoms with Gasteiger partial charge in [-0.15, -0.1) is 0 Å². The van der Waals surface area contributed by atoms with E-state index in [1.54, 1.807) is 0 Å². The first kappa shape index (κ1) is 11.7. The molecule has 0 heterocycles. The van der Waals surface area contributed by atoms with Gasteiger partial charge in [0.2, 0.25) is 0 Å². The lowest BCUT2D eigenvalue weighted by molar-refractivity contribution is 1.37. The van der Waals surface area contributed by atoms with Crippen LogP contribution in [-0.4, -0.2) is 0 Å². The van der Waals surface area contributed by atoms with Crippen LogP contribution in [0.25, 0.3) is 12.2 Å². The normalized spacial score (nSPS) is 11.0. The Morgan fingerprint density at radius 3 is 1.71 bits per heavy atom. The van der Waals surface area contributed by atoms with E-state index in [9.17, 15) is 0 Å². The molecule has 0 aliphatic carbocycles. The topological polar surface area (TPSA) is 0 Å². The van der Waals surface area contributed by atoms with Gasteiger partial charge in [-0.1, -0.05) is 71.3 Å². The fraction of sp³-hybridized carbons (Fsp3) is 0.176. The summed E-state index contributed by atoms with van der Waals surface area (Å²) in [6, 6.07) is 15.2. The zero-order valence-electron chi connectivity index (χ0n) is 10.7. The minimum Gasteiger partial charge on any atom is -0.0587 e. The molecule has 0 saturated heterocycles. The molecule has 0 aliphatic rings. The van der Waals surface area contributed by atoms with Crippen molar-refractivity contribution in [3.63, 3.8) is 0 Å². The lowest BCUT2D eigenvalue weighted by Gasteiger charge is -2.00. The molecule has 0 spiro atoms. The third-order valence-electron chi connectivity index (χ3n) is 2.79. The zero-order valence-corrected chi connectivity index (χ0v) is 10.7. The molecule has 0 radical (unpaired) electrons. The minimum atomic E-state index is 1.25. The highest BCUT2D eigenvalue weighted by Crippen LogP contribution is 2.13. The van der Waals surface area contributed by atoms with Crippen molar-refractivity contribution < 1.29 is 0 Å². The van der Waals surface area contributed by atoms with Crippen molar-refractivity contribution in [3.05, 3.63) is 70.3 Å². The maximum Gasteiger partial charge on any atom is -0.0251 e. The van der Waals surface area contributed by atoms with Gasteiger partial charge in [0.05, 0.1) is 0 Å². The Kier molecular flexibility index (Phi) is 3.43. The van der Waals surface area contributed by atoms with Gasteiger partial charge in [-0.2, -0.15) is 0 Å². The molecular formula is C17H18. The van der Waals surface area contributed by atoms with Crippen LogP contribution >= 0.6 is 0 Å². The quantitative estimate of drug-likeness (QED) is 0.641. The molecule has 0 aromatic heterocycles. The van der Waals surface area contributed by atoms with Crippen molar-refractivity contribution in [2.75, 3.05) is 0 Å². The molecule has 0 fully saturated rings. The molecule has 86 valence electrons. The molecule has 2 rings (SSSR count). The summed E-state index contributed by atoms with van der Waals surface area (Å²) in [7, 11) is 0. The van der Waals surface area contributed by atoms with Gasteiger partial charge in [-0.25, -0.2) is 0 Å². The highest BCUT2D eigenvalue weighted by Gasteiger charge is 1.92. The standard InChI is InChI=1S/C17H18/c1-13-4-6-16(7-5-13)8-9-17-11-14(2)10-15(3)12-17/h4-12H,1-3H3/b9-8-. The van der Waals surface area contributed by atoms with Crippen molar-refractivity contribution in [1.29, 1.82) is 0 Å². The molecule has 0 atom stereocenters. The number of benzene rings is 2. The van der Waals surface area contributed by atoms with Crippen LogP contribution in [0.1, 0.15) is 27.8 Å². The molecular weight excluding hydrogens is 204 g/mol. The van der Waals surface area contributed by atoms with Gasteiger partial charge in [-0.05, 0) is 31.9 Å². The van der Waals surface area contributed by atoms with Crippen molar-refractivity contribution >= 4 is 12.2 Å². The third-order valence-corrected chi connectivity index (χ3v) is 2.79. The molecule has 0 unspecified atom stereocenters. The van der Waals surface area contributed by atoms with E-state index >= 15 is 0 Å². The van der Waals surface area contributed by atoms with Crippen molar-refractivity contribution in [1.82, 2.24) is 0 Å². The first-order chi connectivity index (χ1) is 8.13. The molecule has 0 bridgehead atoms. The Morgan fingerprint density at radius 1 is 0.588 bits per heavy atom. The summed E-state index contributed by atoms with van der Waals surface area (Å²) in [5.74, 6) is 0. The summed E-state index contributed by atoms with van der Waals surface area (Å²) in [5.41, 5.74) is 6.44. The predicted octanol–water partition coefficient (Wildman–Crippen LogP) is 4.78. The molecule has 0 saturated carbocycles. The number of hydrogen-bond donors (Lipinski definition) is 0. The first-order valence-electron chi connectivity index (χ1n) is 5.96. The van der Waals surface area contributed by atoms with E-state index in [1.807, 2.05) is 0 Å². The Balaban J connectivity index is 2.22. The van der Waals surface area contributed by atoms with Crippen LogP contribution in [0.15, 0.2) is 42.5 Å². The Morgan fingerprint density at radius 2 is 1.12 bits per heavy atom. The van der Waals surface area contributed by atoms with Crippen LogP contribution in [-0.2, 0) is 0 Å². The highest BCUT2D eigenvalue weighted by molar-refractivity contribution is 5.70. The van der Waals surface area contributed by atoms with E-state index in [4.69, 9.17) is 0 Å². The average Bonchev–Trinajstić information content (AvgIpc) is 2.27. The summed E-state index contributed by atoms with van der Waals surface area (Å²) in [6.07, 6.45) is 4.33. The van der Waals surface area contributed by atoms with E-state index in [-0.39, 0.29) is 0 Å². The number of rotatable bonds is 2. The monoisotopic (exact) mass is 222 g/mol. The van der Waals surface area contributed by atoms with Gasteiger partial charge >= 0.3 is 0 Å². The molecule has 0 amide bonds. The smallest absolute Gasteiger partial charge is 0.0251 e. The highest BCUT2D eigenvalue weighted by atomic mass is 14.0. The Labute approximate surface area is 104 Å². The maximum absolute atomic E-state index is 2.21. The zero-order chi connectivity index (χ0) is 12.3. The fourth-order valence-electron chi connectivity index (χ4n) is 1.98. The second-order valence-electron chi connectivity index (χ2n) is 4.67. The summed E-state index contributed by atoms with van der Waals surface area (Å²) >= 11 is 0. The molecule has 2 aromatic carbocycles. The average molecular weight is 222 g/mol. The lowest BCUT2D eigenvalue weighted by Crippen LogP contribution is -1.80. The summed E-state index contributed by atoms with van der Waals surface area (Å²) in [6.45, 7) is 6.38. The van der Waals surface area contributed by atoms with Crippen molar-refractivity contribution in [2.24, 2.45) is 0 Å². The van der Waals surface area contributed by atoms with Crippen molar-refractivity contribution in [3.8, 4) is 0 Å². The predicted molar refractivity (Wildman–Crippen MR) is 76.0 cm³/mol. The Hall–Kier alpha value is -1.82. The molecule has 0 aliphatic heterocycles. The Bertz CT molecular complexity index is 510. The molecule has 2 aromatic rings. The van der Waals surface area contributed by atoms with Crippen LogP contribution < -0.4 is 0 Å². The van der Waals surface area contributed by atoms with E-state index in [0.717, 1.165) is 0 Å². The van der Waals surface area contributed by atoms with Gasteiger partial charge < -0.3 is 0 Å². The number of hydrogen-bond acceptors (Lipinski definition) is 0. The lowest BCUT2D eigenvalue weighted by atomic mass is 10.1. The second kappa shape index (κ2) is 5.01. The van der Waals surface area contributed by atoms with Gasteiger partial charge in [0.25, 0.3) is 0 Å². The van der Waals surface area contributed by atoms with Crippen LogP contribution in [0.4, 0.5) is 0 Å². The van der Waals surface area contributed by atoms with E-state index < -0.39 is 0 Å². The maximum atomic E-state index is 2.21. The van der Waals surface area contributed by atoms with E-state index in [0.29, 0.717) is 0 Å². The van der Waals surface area contributed by atoms with Gasteiger partial charge in [0, 0.05) is 0 Å². The van der Waals surface area contributed by atoms with Gasteiger partial charge in [0.15, 0.2) is 0 Å². The summed E-state index contributed by atoms with van der Waals surface area (Å²) < 4.78 is 0. The summed E-state index contributed by atoms with van der Waals surface area (Å²) in [5, 5.41) is 0. The van der Waals surface area contributed by atoms with Crippen LogP contribution in [0.3, 0.4) is 0 Å². The largest absolute Gasteiger partial charge is 0.0587 e. The second-order valence-corrected chi connectivity index (χ2v) is 4.67. The molecule has 0 heteroatoms. The van der Waals surface area contributed by atoms with Gasteiger partial charge in [-0.3, -0.25) is 0 Å². The third kappa shape index (κ3) is 3.32. The van der Waals surface area contributed by atoms with Crippen LogP contribution in [0, 0.1) is 20.8 Å². The summed E-state index contributed by atoms with van der Waals surface area (Å²) in [4.78, 5) is 0. The molecule has 0 nitrogen and oxygen atoms in total. The minimum absolute atomic E-state index is 1.25. The molecule has 0 N–H and O–H groups in total. The van der Waals surface area contributed by atoms with E-state index in [2.05, 4.69) is 75.4 Å². The van der Waals surface area contributed by atoms with E-state index in [1.165, 1.54) is 27.8 Å². The molecule has 17 heavy (non-hydrogen) atoms. The first-order valence-corrected chi connectivity index (χ1v) is 5.96. The SMILES string of the molecule is Cc1ccc(/C=C\c2cc(C)cc(C)c2)cc1. The van der Waals surface area contributed by atoms with Crippen LogP contribution in [0.2, 0.25) is 0 Å².